The van der Waals surface area contributed by atoms with Crippen molar-refractivity contribution in [3.63, 3.8) is 0 Å². The van der Waals surface area contributed by atoms with E-state index >= 15 is 0 Å². The highest BCUT2D eigenvalue weighted by atomic mass is 32.2. The number of thiophene rings is 1. The van der Waals surface area contributed by atoms with Gasteiger partial charge in [0.2, 0.25) is 5.91 Å². The molecule has 1 fully saturated rings. The molecule has 1 amide bonds. The standard InChI is InChI=1S/C13H19NO3S2/c1-19(16,17)12-6-2-4-10(8-12)14-13(15)9-11-5-3-7-18-11/h3,5,7,10,12H,2,4,6,8-9H2,1H3,(H,14,15)/t10-,12+/m0/s1. The van der Waals surface area contributed by atoms with Crippen LogP contribution in [0.3, 0.4) is 0 Å². The minimum absolute atomic E-state index is 0.000868. The summed E-state index contributed by atoms with van der Waals surface area (Å²) in [4.78, 5) is 12.9. The van der Waals surface area contributed by atoms with E-state index in [9.17, 15) is 13.2 Å². The molecule has 0 aliphatic heterocycles. The van der Waals surface area contributed by atoms with Crippen LogP contribution in [0.15, 0.2) is 17.5 Å². The number of nitrogens with one attached hydrogen (secondary N) is 1. The molecule has 0 spiro atoms. The molecular weight excluding hydrogens is 282 g/mol. The minimum atomic E-state index is -2.99. The summed E-state index contributed by atoms with van der Waals surface area (Å²) in [5.74, 6) is -0.0124. The zero-order valence-electron chi connectivity index (χ0n) is 11.0. The number of rotatable bonds is 4. The van der Waals surface area contributed by atoms with Gasteiger partial charge in [-0.2, -0.15) is 0 Å². The molecule has 0 aromatic carbocycles. The van der Waals surface area contributed by atoms with Gasteiger partial charge in [-0.25, -0.2) is 8.42 Å². The lowest BCUT2D eigenvalue weighted by molar-refractivity contribution is -0.121. The topological polar surface area (TPSA) is 63.2 Å². The van der Waals surface area contributed by atoms with Crippen molar-refractivity contribution in [2.45, 2.75) is 43.4 Å². The first-order valence-electron chi connectivity index (χ1n) is 6.46. The monoisotopic (exact) mass is 301 g/mol. The fourth-order valence-electron chi connectivity index (χ4n) is 2.52. The molecule has 0 bridgehead atoms. The quantitative estimate of drug-likeness (QED) is 0.922. The third-order valence-electron chi connectivity index (χ3n) is 3.51. The summed E-state index contributed by atoms with van der Waals surface area (Å²) in [5.41, 5.74) is 0. The van der Waals surface area contributed by atoms with Gasteiger partial charge < -0.3 is 5.32 Å². The Kier molecular flexibility index (Phi) is 4.62. The van der Waals surface area contributed by atoms with Gasteiger partial charge in [0.25, 0.3) is 0 Å². The minimum Gasteiger partial charge on any atom is -0.353 e. The van der Waals surface area contributed by atoms with Crippen molar-refractivity contribution >= 4 is 27.1 Å². The lowest BCUT2D eigenvalue weighted by atomic mass is 9.95. The van der Waals surface area contributed by atoms with Crippen molar-refractivity contribution < 1.29 is 13.2 Å². The maximum atomic E-state index is 11.9. The van der Waals surface area contributed by atoms with Crippen molar-refractivity contribution in [1.29, 1.82) is 0 Å². The molecule has 1 aliphatic carbocycles. The van der Waals surface area contributed by atoms with Gasteiger partial charge in [-0.1, -0.05) is 12.5 Å². The van der Waals surface area contributed by atoms with Gasteiger partial charge in [0.05, 0.1) is 11.7 Å². The Morgan fingerprint density at radius 1 is 1.47 bits per heavy atom. The van der Waals surface area contributed by atoms with E-state index in [0.29, 0.717) is 12.8 Å². The second kappa shape index (κ2) is 6.05. The summed E-state index contributed by atoms with van der Waals surface area (Å²) in [6.07, 6.45) is 4.68. The summed E-state index contributed by atoms with van der Waals surface area (Å²) in [7, 11) is -2.99. The van der Waals surface area contributed by atoms with Crippen LogP contribution in [-0.4, -0.2) is 31.9 Å². The molecule has 1 aromatic heterocycles. The fourth-order valence-corrected chi connectivity index (χ4v) is 4.40. The highest BCUT2D eigenvalue weighted by Crippen LogP contribution is 2.24. The third-order valence-corrected chi connectivity index (χ3v) is 6.03. The molecule has 1 heterocycles. The Hall–Kier alpha value is -0.880. The molecule has 6 heteroatoms. The summed E-state index contributed by atoms with van der Waals surface area (Å²) in [5, 5.41) is 4.61. The van der Waals surface area contributed by atoms with Gasteiger partial charge in [-0.15, -0.1) is 11.3 Å². The average Bonchev–Trinajstić information content (AvgIpc) is 2.80. The van der Waals surface area contributed by atoms with E-state index in [1.54, 1.807) is 11.3 Å². The van der Waals surface area contributed by atoms with Crippen LogP contribution in [-0.2, 0) is 21.1 Å². The van der Waals surface area contributed by atoms with Crippen LogP contribution < -0.4 is 5.32 Å². The highest BCUT2D eigenvalue weighted by Gasteiger charge is 2.29. The number of sulfone groups is 1. The van der Waals surface area contributed by atoms with Crippen LogP contribution in [0, 0.1) is 0 Å². The van der Waals surface area contributed by atoms with Gasteiger partial charge >= 0.3 is 0 Å². The van der Waals surface area contributed by atoms with E-state index in [1.807, 2.05) is 17.5 Å². The molecule has 1 saturated carbocycles. The predicted molar refractivity (Wildman–Crippen MR) is 77.1 cm³/mol. The van der Waals surface area contributed by atoms with Gasteiger partial charge in [0.15, 0.2) is 0 Å². The molecule has 0 radical (unpaired) electrons. The average molecular weight is 301 g/mol. The van der Waals surface area contributed by atoms with Crippen LogP contribution in [0.1, 0.15) is 30.6 Å². The first kappa shape index (κ1) is 14.5. The van der Waals surface area contributed by atoms with Crippen LogP contribution in [0.2, 0.25) is 0 Å². The van der Waals surface area contributed by atoms with Crippen LogP contribution in [0.25, 0.3) is 0 Å². The Labute approximate surface area is 118 Å². The van der Waals surface area contributed by atoms with E-state index in [-0.39, 0.29) is 17.2 Å². The molecule has 2 atom stereocenters. The highest BCUT2D eigenvalue weighted by molar-refractivity contribution is 7.91. The maximum Gasteiger partial charge on any atom is 0.225 e. The number of hydrogen-bond donors (Lipinski definition) is 1. The third kappa shape index (κ3) is 4.31. The summed E-state index contributed by atoms with van der Waals surface area (Å²) >= 11 is 1.56. The van der Waals surface area contributed by atoms with Gasteiger partial charge in [-0.05, 0) is 30.7 Å². The summed E-state index contributed by atoms with van der Waals surface area (Å²) in [6.45, 7) is 0. The molecule has 2 rings (SSSR count). The zero-order chi connectivity index (χ0) is 13.9. The number of carbonyl (C=O) groups is 1. The zero-order valence-corrected chi connectivity index (χ0v) is 12.6. The second-order valence-electron chi connectivity index (χ2n) is 5.14. The van der Waals surface area contributed by atoms with Crippen molar-refractivity contribution in [2.24, 2.45) is 0 Å². The van der Waals surface area contributed by atoms with Crippen LogP contribution in [0.5, 0.6) is 0 Å². The molecule has 4 nitrogen and oxygen atoms in total. The van der Waals surface area contributed by atoms with E-state index in [0.717, 1.165) is 24.1 Å². The Morgan fingerprint density at radius 2 is 2.26 bits per heavy atom. The van der Waals surface area contributed by atoms with Gasteiger partial charge in [0, 0.05) is 17.2 Å². The molecule has 0 saturated heterocycles. The molecule has 1 aromatic rings. The first-order chi connectivity index (χ1) is 8.95. The fraction of sp³-hybridized carbons (Fsp3) is 0.615. The SMILES string of the molecule is CS(=O)(=O)[C@@H]1CCC[C@H](NC(=O)Cc2cccs2)C1. The Bertz CT molecular complexity index is 522. The van der Waals surface area contributed by atoms with Crippen LogP contribution >= 0.6 is 11.3 Å². The predicted octanol–water partition coefficient (Wildman–Crippen LogP) is 1.76. The van der Waals surface area contributed by atoms with Crippen molar-refractivity contribution in [1.82, 2.24) is 5.32 Å². The number of hydrogen-bond acceptors (Lipinski definition) is 4. The van der Waals surface area contributed by atoms with Crippen molar-refractivity contribution in [3.8, 4) is 0 Å². The number of amides is 1. The molecule has 0 unspecified atom stereocenters. The molecule has 106 valence electrons. The Morgan fingerprint density at radius 3 is 2.89 bits per heavy atom. The van der Waals surface area contributed by atoms with E-state index in [2.05, 4.69) is 5.32 Å². The summed E-state index contributed by atoms with van der Waals surface area (Å²) in [6, 6.07) is 3.86. The number of carbonyl (C=O) groups excluding carboxylic acids is 1. The maximum absolute atomic E-state index is 11.9. The normalized spacial score (nSPS) is 24.1. The first-order valence-corrected chi connectivity index (χ1v) is 9.29. The van der Waals surface area contributed by atoms with E-state index < -0.39 is 9.84 Å². The lowest BCUT2D eigenvalue weighted by Gasteiger charge is -2.28. The lowest BCUT2D eigenvalue weighted by Crippen LogP contribution is -2.42. The largest absolute Gasteiger partial charge is 0.353 e. The van der Waals surface area contributed by atoms with Gasteiger partial charge in [0.1, 0.15) is 9.84 Å². The van der Waals surface area contributed by atoms with E-state index in [1.165, 1.54) is 6.26 Å². The molecule has 1 N–H and O–H groups in total. The van der Waals surface area contributed by atoms with E-state index in [4.69, 9.17) is 0 Å². The molecular formula is C13H19NO3S2. The van der Waals surface area contributed by atoms with Crippen molar-refractivity contribution in [3.05, 3.63) is 22.4 Å². The Balaban J connectivity index is 1.87. The molecule has 19 heavy (non-hydrogen) atoms. The van der Waals surface area contributed by atoms with Crippen molar-refractivity contribution in [2.75, 3.05) is 6.26 Å². The smallest absolute Gasteiger partial charge is 0.225 e. The molecule has 1 aliphatic rings. The second-order valence-corrected chi connectivity index (χ2v) is 8.50. The van der Waals surface area contributed by atoms with Gasteiger partial charge in [-0.3, -0.25) is 4.79 Å². The summed E-state index contributed by atoms with van der Waals surface area (Å²) < 4.78 is 23.1. The van der Waals surface area contributed by atoms with Crippen LogP contribution in [0.4, 0.5) is 0 Å².